The molecule has 2 unspecified atom stereocenters. The predicted octanol–water partition coefficient (Wildman–Crippen LogP) is 6.85. The van der Waals surface area contributed by atoms with Crippen LogP contribution in [0.5, 0.6) is 0 Å². The maximum atomic E-state index is 14.2. The van der Waals surface area contributed by atoms with Gasteiger partial charge < -0.3 is 15.0 Å². The second-order valence-electron chi connectivity index (χ2n) is 14.0. The van der Waals surface area contributed by atoms with Gasteiger partial charge in [0.15, 0.2) is 0 Å². The summed E-state index contributed by atoms with van der Waals surface area (Å²) in [6.07, 6.45) is 7.23. The standard InChI is InChI=1S/C35H47N5O3/c1-24-36-30-14-8-9-15-31(30)39(24)28-22-26-16-17-27(23-28)38(26)21-18-29(25-12-6-5-7-13-25)37-32(41)35(19-10-11-20-35)40(33(42)43)34(2,3)4/h5-9,12-15,26-29H,10-11,16-23H2,1-4H3,(H,37,41)(H,42,43)/t26?,27?,28?,29-/m0/s1. The van der Waals surface area contributed by atoms with E-state index >= 15 is 0 Å². The number of hydrogen-bond acceptors (Lipinski definition) is 4. The number of imidazole rings is 1. The van der Waals surface area contributed by atoms with Gasteiger partial charge in [0.1, 0.15) is 11.4 Å². The Morgan fingerprint density at radius 2 is 1.63 bits per heavy atom. The van der Waals surface area contributed by atoms with Crippen molar-refractivity contribution in [3.63, 3.8) is 0 Å². The van der Waals surface area contributed by atoms with Gasteiger partial charge in [-0.05, 0) is 90.3 Å². The van der Waals surface area contributed by atoms with E-state index in [1.807, 2.05) is 39.0 Å². The number of nitrogens with zero attached hydrogens (tertiary/aromatic N) is 4. The van der Waals surface area contributed by atoms with Crippen LogP contribution >= 0.6 is 0 Å². The molecule has 8 heteroatoms. The number of carbonyl (C=O) groups excluding carboxylic acids is 1. The largest absolute Gasteiger partial charge is 0.465 e. The van der Waals surface area contributed by atoms with E-state index in [9.17, 15) is 14.7 Å². The van der Waals surface area contributed by atoms with E-state index < -0.39 is 17.2 Å². The summed E-state index contributed by atoms with van der Waals surface area (Å²) in [7, 11) is 0. The Labute approximate surface area is 255 Å². The summed E-state index contributed by atoms with van der Waals surface area (Å²) in [5.74, 6) is 0.942. The van der Waals surface area contributed by atoms with Crippen molar-refractivity contribution < 1.29 is 14.7 Å². The van der Waals surface area contributed by atoms with Gasteiger partial charge in [-0.3, -0.25) is 14.6 Å². The second kappa shape index (κ2) is 11.6. The predicted molar refractivity (Wildman–Crippen MR) is 169 cm³/mol. The molecular formula is C35H47N5O3. The fourth-order valence-corrected chi connectivity index (χ4v) is 8.65. The summed E-state index contributed by atoms with van der Waals surface area (Å²) in [6.45, 7) is 8.69. The third-order valence-electron chi connectivity index (χ3n) is 10.3. The van der Waals surface area contributed by atoms with Crippen LogP contribution in [0.3, 0.4) is 0 Å². The number of piperidine rings is 1. The molecule has 3 atom stereocenters. The number of carbonyl (C=O) groups is 2. The Kier molecular flexibility index (Phi) is 8.01. The molecule has 43 heavy (non-hydrogen) atoms. The van der Waals surface area contributed by atoms with Crippen LogP contribution in [-0.4, -0.2) is 66.2 Å². The van der Waals surface area contributed by atoms with Crippen molar-refractivity contribution in [2.24, 2.45) is 0 Å². The van der Waals surface area contributed by atoms with Gasteiger partial charge >= 0.3 is 6.09 Å². The number of aromatic nitrogens is 2. The molecule has 3 heterocycles. The highest BCUT2D eigenvalue weighted by atomic mass is 16.4. The first-order chi connectivity index (χ1) is 20.6. The van der Waals surface area contributed by atoms with E-state index in [2.05, 4.69) is 58.1 Å². The first-order valence-corrected chi connectivity index (χ1v) is 16.2. The van der Waals surface area contributed by atoms with Gasteiger partial charge in [-0.1, -0.05) is 55.3 Å². The van der Waals surface area contributed by atoms with Gasteiger partial charge in [-0.2, -0.15) is 0 Å². The summed E-state index contributed by atoms with van der Waals surface area (Å²) in [5, 5.41) is 13.7. The van der Waals surface area contributed by atoms with Crippen molar-refractivity contribution >= 4 is 23.0 Å². The number of aryl methyl sites for hydroxylation is 1. The molecule has 2 N–H and O–H groups in total. The maximum Gasteiger partial charge on any atom is 0.408 e. The minimum Gasteiger partial charge on any atom is -0.465 e. The van der Waals surface area contributed by atoms with Gasteiger partial charge in [0.2, 0.25) is 5.91 Å². The highest BCUT2D eigenvalue weighted by Crippen LogP contribution is 2.43. The van der Waals surface area contributed by atoms with Crippen LogP contribution in [0, 0.1) is 6.92 Å². The highest BCUT2D eigenvalue weighted by Gasteiger charge is 2.53. The molecule has 230 valence electrons. The maximum absolute atomic E-state index is 14.2. The SMILES string of the molecule is Cc1nc2ccccc2n1C1CC2CCC(C1)N2CC[C@H](NC(=O)C1(N(C(=O)O)C(C)(C)C)CCCC1)c1ccccc1. The van der Waals surface area contributed by atoms with Crippen molar-refractivity contribution in [2.75, 3.05) is 6.54 Å². The van der Waals surface area contributed by atoms with E-state index in [1.54, 1.807) is 0 Å². The number of para-hydroxylation sites is 2. The molecule has 3 fully saturated rings. The Hall–Kier alpha value is -3.39. The normalized spacial score (nSPS) is 24.2. The Bertz CT molecular complexity index is 1440. The summed E-state index contributed by atoms with van der Waals surface area (Å²) < 4.78 is 2.47. The molecule has 2 bridgehead atoms. The van der Waals surface area contributed by atoms with E-state index in [0.29, 0.717) is 31.0 Å². The fraction of sp³-hybridized carbons (Fsp3) is 0.571. The molecule has 2 saturated heterocycles. The zero-order chi connectivity index (χ0) is 30.4. The first-order valence-electron chi connectivity index (χ1n) is 16.2. The van der Waals surface area contributed by atoms with E-state index in [1.165, 1.54) is 23.3 Å². The molecular weight excluding hydrogens is 538 g/mol. The average molecular weight is 586 g/mol. The smallest absolute Gasteiger partial charge is 0.408 e. The molecule has 0 spiro atoms. The quantitative estimate of drug-likeness (QED) is 0.302. The monoisotopic (exact) mass is 585 g/mol. The van der Waals surface area contributed by atoms with Crippen LogP contribution in [0.25, 0.3) is 11.0 Å². The molecule has 2 amide bonds. The molecule has 2 aliphatic heterocycles. The van der Waals surface area contributed by atoms with Crippen LogP contribution < -0.4 is 5.32 Å². The lowest BCUT2D eigenvalue weighted by Crippen LogP contribution is -2.65. The van der Waals surface area contributed by atoms with Crippen molar-refractivity contribution in [1.29, 1.82) is 0 Å². The number of nitrogens with one attached hydrogen (secondary N) is 1. The van der Waals surface area contributed by atoms with Crippen molar-refractivity contribution in [2.45, 2.75) is 121 Å². The minimum atomic E-state index is -1.04. The average Bonchev–Trinajstić information content (AvgIpc) is 3.64. The summed E-state index contributed by atoms with van der Waals surface area (Å²) in [6, 6.07) is 20.0. The van der Waals surface area contributed by atoms with Gasteiger partial charge in [0.25, 0.3) is 0 Å². The first kappa shape index (κ1) is 29.7. The molecule has 0 radical (unpaired) electrons. The van der Waals surface area contributed by atoms with Crippen LogP contribution in [0.4, 0.5) is 4.79 Å². The third kappa shape index (κ3) is 5.54. The summed E-state index contributed by atoms with van der Waals surface area (Å²) in [4.78, 5) is 35.7. The van der Waals surface area contributed by atoms with Crippen LogP contribution in [0.1, 0.15) is 102 Å². The number of fused-ring (bicyclic) bond motifs is 3. The zero-order valence-corrected chi connectivity index (χ0v) is 26.1. The number of rotatable bonds is 8. The van der Waals surface area contributed by atoms with Crippen molar-refractivity contribution in [1.82, 2.24) is 24.7 Å². The zero-order valence-electron chi connectivity index (χ0n) is 26.1. The molecule has 1 aliphatic carbocycles. The lowest BCUT2D eigenvalue weighted by molar-refractivity contribution is -0.136. The number of hydrogen-bond donors (Lipinski definition) is 2. The minimum absolute atomic E-state index is 0.152. The molecule has 1 aromatic heterocycles. The second-order valence-corrected chi connectivity index (χ2v) is 14.0. The van der Waals surface area contributed by atoms with Gasteiger partial charge in [0.05, 0.1) is 17.1 Å². The van der Waals surface area contributed by atoms with Crippen LogP contribution in [-0.2, 0) is 4.79 Å². The van der Waals surface area contributed by atoms with Crippen molar-refractivity contribution in [3.8, 4) is 0 Å². The molecule has 8 nitrogen and oxygen atoms in total. The molecule has 3 aromatic rings. The number of carboxylic acid groups (broad SMARTS) is 1. The van der Waals surface area contributed by atoms with E-state index in [0.717, 1.165) is 55.6 Å². The summed E-state index contributed by atoms with van der Waals surface area (Å²) >= 11 is 0. The van der Waals surface area contributed by atoms with E-state index in [4.69, 9.17) is 4.98 Å². The Morgan fingerprint density at radius 1 is 1.00 bits per heavy atom. The lowest BCUT2D eigenvalue weighted by atomic mass is 9.88. The van der Waals surface area contributed by atoms with Crippen molar-refractivity contribution in [3.05, 3.63) is 66.0 Å². The summed E-state index contributed by atoms with van der Waals surface area (Å²) in [5.41, 5.74) is 1.66. The molecule has 6 rings (SSSR count). The topological polar surface area (TPSA) is 90.7 Å². The third-order valence-corrected chi connectivity index (χ3v) is 10.3. The number of benzene rings is 2. The van der Waals surface area contributed by atoms with Gasteiger partial charge in [0, 0.05) is 30.2 Å². The molecule has 1 saturated carbocycles. The molecule has 3 aliphatic rings. The fourth-order valence-electron chi connectivity index (χ4n) is 8.65. The Morgan fingerprint density at radius 3 is 2.26 bits per heavy atom. The van der Waals surface area contributed by atoms with Gasteiger partial charge in [-0.25, -0.2) is 9.78 Å². The van der Waals surface area contributed by atoms with E-state index in [-0.39, 0.29) is 11.9 Å². The van der Waals surface area contributed by atoms with Crippen LogP contribution in [0.15, 0.2) is 54.6 Å². The van der Waals surface area contributed by atoms with Gasteiger partial charge in [-0.15, -0.1) is 0 Å². The lowest BCUT2D eigenvalue weighted by Gasteiger charge is -2.46. The Balaban J connectivity index is 1.20. The highest BCUT2D eigenvalue weighted by molar-refractivity contribution is 5.90. The van der Waals surface area contributed by atoms with Crippen LogP contribution in [0.2, 0.25) is 0 Å². The number of amides is 2. The molecule has 2 aromatic carbocycles.